The molecule has 0 bridgehead atoms. The summed E-state index contributed by atoms with van der Waals surface area (Å²) in [5.41, 5.74) is 0. The van der Waals surface area contributed by atoms with Crippen molar-refractivity contribution in [3.05, 3.63) is 18.1 Å². The normalized spacial score (nSPS) is 29.6. The molecule has 3 fully saturated rings. The zero-order valence-electron chi connectivity index (χ0n) is 14.0. The summed E-state index contributed by atoms with van der Waals surface area (Å²) in [6.07, 6.45) is 4.20. The lowest BCUT2D eigenvalue weighted by Crippen LogP contribution is -2.43. The molecule has 1 aromatic heterocycles. The van der Waals surface area contributed by atoms with Crippen LogP contribution < -0.4 is 4.74 Å². The molecule has 1 aliphatic carbocycles. The van der Waals surface area contributed by atoms with Gasteiger partial charge in [0, 0.05) is 44.2 Å². The number of carbonyl (C=O) groups is 2. The van der Waals surface area contributed by atoms with Crippen LogP contribution in [0.2, 0.25) is 0 Å². The van der Waals surface area contributed by atoms with Crippen molar-refractivity contribution < 1.29 is 14.3 Å². The molecule has 0 N–H and O–H groups in total. The van der Waals surface area contributed by atoms with Gasteiger partial charge in [-0.05, 0) is 19.8 Å². The van der Waals surface area contributed by atoms with E-state index in [2.05, 4.69) is 9.97 Å². The summed E-state index contributed by atoms with van der Waals surface area (Å²) in [7, 11) is 1.80. The first-order valence-corrected chi connectivity index (χ1v) is 8.56. The largest absolute Gasteiger partial charge is 0.464 e. The quantitative estimate of drug-likeness (QED) is 0.813. The van der Waals surface area contributed by atoms with Crippen LogP contribution in [0.15, 0.2) is 12.3 Å². The standard InChI is InChI=1S/C17H22N4O3/c1-10-18-7-6-14(19-10)24-15-12-8-21(16(22)11-4-3-5-11)9-13(12)20(2)17(15)23/h6-7,11-13,15H,3-5,8-9H2,1-2H3/t12-,13+,15-/m0/s1. The van der Waals surface area contributed by atoms with Gasteiger partial charge in [0.15, 0.2) is 6.10 Å². The van der Waals surface area contributed by atoms with Gasteiger partial charge in [-0.1, -0.05) is 6.42 Å². The Balaban J connectivity index is 1.50. The first-order chi connectivity index (χ1) is 11.5. The minimum Gasteiger partial charge on any atom is -0.464 e. The zero-order chi connectivity index (χ0) is 16.8. The Hall–Kier alpha value is -2.18. The second-order valence-corrected chi connectivity index (χ2v) is 7.03. The van der Waals surface area contributed by atoms with Crippen LogP contribution in [0.5, 0.6) is 5.88 Å². The van der Waals surface area contributed by atoms with E-state index in [4.69, 9.17) is 4.74 Å². The molecule has 0 unspecified atom stereocenters. The Morgan fingerprint density at radius 1 is 1.33 bits per heavy atom. The molecule has 1 saturated carbocycles. The number of aromatic nitrogens is 2. The molecule has 7 heteroatoms. The number of amides is 2. The number of likely N-dealkylation sites (N-methyl/N-ethyl adjacent to an activating group) is 1. The van der Waals surface area contributed by atoms with Crippen molar-refractivity contribution in [1.29, 1.82) is 0 Å². The Morgan fingerprint density at radius 3 is 2.79 bits per heavy atom. The summed E-state index contributed by atoms with van der Waals surface area (Å²) in [6, 6.07) is 1.70. The van der Waals surface area contributed by atoms with E-state index in [1.165, 1.54) is 0 Å². The Bertz CT molecular complexity index is 676. The van der Waals surface area contributed by atoms with E-state index in [1.54, 1.807) is 31.1 Å². The van der Waals surface area contributed by atoms with Crippen molar-refractivity contribution in [2.75, 3.05) is 20.1 Å². The van der Waals surface area contributed by atoms with Crippen LogP contribution in [0.1, 0.15) is 25.1 Å². The molecule has 3 heterocycles. The van der Waals surface area contributed by atoms with Crippen molar-refractivity contribution in [2.45, 2.75) is 38.3 Å². The second kappa shape index (κ2) is 5.72. The number of aryl methyl sites for hydroxylation is 1. The molecule has 7 nitrogen and oxygen atoms in total. The smallest absolute Gasteiger partial charge is 0.264 e. The minimum atomic E-state index is -0.575. The Labute approximate surface area is 141 Å². The van der Waals surface area contributed by atoms with Crippen LogP contribution in [-0.4, -0.2) is 63.9 Å². The van der Waals surface area contributed by atoms with Gasteiger partial charge in [-0.3, -0.25) is 9.59 Å². The van der Waals surface area contributed by atoms with E-state index in [0.29, 0.717) is 24.8 Å². The molecule has 3 atom stereocenters. The number of hydrogen-bond donors (Lipinski definition) is 0. The highest BCUT2D eigenvalue weighted by Gasteiger charge is 2.54. The fourth-order valence-electron chi connectivity index (χ4n) is 3.93. The van der Waals surface area contributed by atoms with E-state index in [-0.39, 0.29) is 29.7 Å². The summed E-state index contributed by atoms with van der Waals surface area (Å²) in [5, 5.41) is 0. The summed E-state index contributed by atoms with van der Waals surface area (Å²) < 4.78 is 5.90. The van der Waals surface area contributed by atoms with E-state index < -0.39 is 6.10 Å². The third-order valence-corrected chi connectivity index (χ3v) is 5.57. The highest BCUT2D eigenvalue weighted by atomic mass is 16.5. The SMILES string of the molecule is Cc1nccc(O[C@@H]2C(=O)N(C)[C@@H]3CN(C(=O)C4CCC4)C[C@H]23)n1. The average molecular weight is 330 g/mol. The van der Waals surface area contributed by atoms with Crippen LogP contribution in [0.3, 0.4) is 0 Å². The molecule has 24 heavy (non-hydrogen) atoms. The number of nitrogens with zero attached hydrogens (tertiary/aromatic N) is 4. The molecule has 128 valence electrons. The van der Waals surface area contributed by atoms with Gasteiger partial charge in [-0.2, -0.15) is 4.98 Å². The summed E-state index contributed by atoms with van der Waals surface area (Å²) >= 11 is 0. The third-order valence-electron chi connectivity index (χ3n) is 5.57. The van der Waals surface area contributed by atoms with Gasteiger partial charge >= 0.3 is 0 Å². The fraction of sp³-hybridized carbons (Fsp3) is 0.647. The first kappa shape index (κ1) is 15.4. The van der Waals surface area contributed by atoms with Crippen molar-refractivity contribution in [3.8, 4) is 5.88 Å². The lowest BCUT2D eigenvalue weighted by molar-refractivity contribution is -0.140. The van der Waals surface area contributed by atoms with Crippen molar-refractivity contribution >= 4 is 11.8 Å². The van der Waals surface area contributed by atoms with E-state index >= 15 is 0 Å². The molecule has 3 aliphatic rings. The van der Waals surface area contributed by atoms with Crippen LogP contribution in [0, 0.1) is 18.8 Å². The summed E-state index contributed by atoms with van der Waals surface area (Å²) in [5.74, 6) is 1.43. The lowest BCUT2D eigenvalue weighted by Gasteiger charge is -2.30. The topological polar surface area (TPSA) is 75.6 Å². The molecule has 0 aromatic carbocycles. The molecule has 2 amide bonds. The molecule has 2 saturated heterocycles. The Kier molecular flexibility index (Phi) is 3.66. The third kappa shape index (κ3) is 2.42. The van der Waals surface area contributed by atoms with Gasteiger partial charge in [-0.25, -0.2) is 4.98 Å². The first-order valence-electron chi connectivity index (χ1n) is 8.56. The second-order valence-electron chi connectivity index (χ2n) is 7.03. The van der Waals surface area contributed by atoms with Gasteiger partial charge in [0.2, 0.25) is 11.8 Å². The van der Waals surface area contributed by atoms with Gasteiger partial charge in [-0.15, -0.1) is 0 Å². The zero-order valence-corrected chi connectivity index (χ0v) is 14.0. The number of rotatable bonds is 3. The maximum absolute atomic E-state index is 12.5. The molecular formula is C17H22N4O3. The van der Waals surface area contributed by atoms with Gasteiger partial charge < -0.3 is 14.5 Å². The van der Waals surface area contributed by atoms with Crippen molar-refractivity contribution in [2.24, 2.45) is 11.8 Å². The maximum Gasteiger partial charge on any atom is 0.264 e. The van der Waals surface area contributed by atoms with Gasteiger partial charge in [0.25, 0.3) is 5.91 Å². The van der Waals surface area contributed by atoms with E-state index in [1.807, 2.05) is 4.90 Å². The minimum absolute atomic E-state index is 0.00166. The summed E-state index contributed by atoms with van der Waals surface area (Å²) in [4.78, 5) is 37.0. The van der Waals surface area contributed by atoms with Crippen molar-refractivity contribution in [1.82, 2.24) is 19.8 Å². The molecule has 1 aromatic rings. The highest BCUT2D eigenvalue weighted by Crippen LogP contribution is 2.36. The number of likely N-dealkylation sites (tertiary alicyclic amines) is 2. The van der Waals surface area contributed by atoms with Crippen LogP contribution >= 0.6 is 0 Å². The number of carbonyl (C=O) groups excluding carboxylic acids is 2. The molecular weight excluding hydrogens is 308 g/mol. The predicted octanol–water partition coefficient (Wildman–Crippen LogP) is 0.632. The highest BCUT2D eigenvalue weighted by molar-refractivity contribution is 5.86. The molecule has 0 spiro atoms. The Morgan fingerprint density at radius 2 is 2.12 bits per heavy atom. The maximum atomic E-state index is 12.5. The van der Waals surface area contributed by atoms with Gasteiger partial charge in [0.05, 0.1) is 6.04 Å². The van der Waals surface area contributed by atoms with Crippen LogP contribution in [-0.2, 0) is 9.59 Å². The fourth-order valence-corrected chi connectivity index (χ4v) is 3.93. The average Bonchev–Trinajstić information content (AvgIpc) is 3.02. The number of hydrogen-bond acceptors (Lipinski definition) is 5. The summed E-state index contributed by atoms with van der Waals surface area (Å²) in [6.45, 7) is 2.99. The molecule has 2 aliphatic heterocycles. The number of ether oxygens (including phenoxy) is 1. The van der Waals surface area contributed by atoms with Crippen LogP contribution in [0.4, 0.5) is 0 Å². The molecule has 0 radical (unpaired) electrons. The monoisotopic (exact) mass is 330 g/mol. The van der Waals surface area contributed by atoms with E-state index in [9.17, 15) is 9.59 Å². The van der Waals surface area contributed by atoms with Crippen molar-refractivity contribution in [3.63, 3.8) is 0 Å². The predicted molar refractivity (Wildman–Crippen MR) is 85.2 cm³/mol. The van der Waals surface area contributed by atoms with Crippen LogP contribution in [0.25, 0.3) is 0 Å². The van der Waals surface area contributed by atoms with Gasteiger partial charge in [0.1, 0.15) is 5.82 Å². The number of fused-ring (bicyclic) bond motifs is 1. The lowest BCUT2D eigenvalue weighted by atomic mass is 9.84. The van der Waals surface area contributed by atoms with E-state index in [0.717, 1.165) is 19.3 Å². The molecule has 4 rings (SSSR count).